The highest BCUT2D eigenvalue weighted by molar-refractivity contribution is 7.12. The fourth-order valence-electron chi connectivity index (χ4n) is 1.96. The van der Waals surface area contributed by atoms with E-state index in [0.29, 0.717) is 0 Å². The van der Waals surface area contributed by atoms with Gasteiger partial charge >= 0.3 is 0 Å². The van der Waals surface area contributed by atoms with Crippen molar-refractivity contribution in [3.8, 4) is 0 Å². The number of alkyl halides is 1. The Balaban J connectivity index is 2.09. The number of benzene rings is 1. The molecule has 2 aromatic rings. The van der Waals surface area contributed by atoms with Gasteiger partial charge in [-0.25, -0.2) is 0 Å². The zero-order valence-electron chi connectivity index (χ0n) is 12.0. The molecule has 2 rings (SSSR count). The minimum Gasteiger partial charge on any atom is -0.143 e. The maximum Gasteiger partial charge on any atom is 0.0718 e. The van der Waals surface area contributed by atoms with E-state index >= 15 is 0 Å². The van der Waals surface area contributed by atoms with Gasteiger partial charge in [0.1, 0.15) is 0 Å². The molecular formula is C17H21ClS. The number of rotatable bonds is 3. The molecule has 1 unspecified atom stereocenters. The normalized spacial score (nSPS) is 13.5. The van der Waals surface area contributed by atoms with Gasteiger partial charge in [0, 0.05) is 9.75 Å². The lowest BCUT2D eigenvalue weighted by molar-refractivity contribution is 0.604. The monoisotopic (exact) mass is 292 g/mol. The Labute approximate surface area is 125 Å². The number of hydrogen-bond acceptors (Lipinski definition) is 1. The highest BCUT2D eigenvalue weighted by atomic mass is 35.5. The van der Waals surface area contributed by atoms with Gasteiger partial charge in [-0.15, -0.1) is 22.9 Å². The van der Waals surface area contributed by atoms with Crippen LogP contribution in [0.2, 0.25) is 0 Å². The second-order valence-corrected chi connectivity index (χ2v) is 7.75. The maximum atomic E-state index is 6.55. The lowest BCUT2D eigenvalue weighted by atomic mass is 9.95. The standard InChI is InChI=1S/C17H21ClS/c1-12-5-7-13(8-6-12)11-14(18)15-9-10-16(19-15)17(2,3)4/h5-10,14H,11H2,1-4H3. The fraction of sp³-hybridized carbons (Fsp3) is 0.412. The lowest BCUT2D eigenvalue weighted by Crippen LogP contribution is -2.07. The third-order valence-electron chi connectivity index (χ3n) is 3.21. The van der Waals surface area contributed by atoms with Gasteiger partial charge < -0.3 is 0 Å². The van der Waals surface area contributed by atoms with Crippen molar-refractivity contribution in [2.75, 3.05) is 0 Å². The van der Waals surface area contributed by atoms with E-state index < -0.39 is 0 Å². The van der Waals surface area contributed by atoms with E-state index in [0.717, 1.165) is 6.42 Å². The van der Waals surface area contributed by atoms with Crippen LogP contribution in [0.5, 0.6) is 0 Å². The number of halogens is 1. The zero-order chi connectivity index (χ0) is 14.0. The van der Waals surface area contributed by atoms with Crippen LogP contribution in [-0.2, 0) is 11.8 Å². The molecule has 1 aromatic carbocycles. The molecular weight excluding hydrogens is 272 g/mol. The van der Waals surface area contributed by atoms with Gasteiger partial charge in [0.05, 0.1) is 5.38 Å². The molecule has 0 fully saturated rings. The van der Waals surface area contributed by atoms with Gasteiger partial charge in [-0.1, -0.05) is 50.6 Å². The predicted octanol–water partition coefficient (Wildman–Crippen LogP) is 5.88. The van der Waals surface area contributed by atoms with Crippen LogP contribution >= 0.6 is 22.9 Å². The van der Waals surface area contributed by atoms with E-state index in [9.17, 15) is 0 Å². The first-order valence-corrected chi connectivity index (χ1v) is 7.91. The van der Waals surface area contributed by atoms with Crippen molar-refractivity contribution in [3.05, 3.63) is 57.3 Å². The van der Waals surface area contributed by atoms with Crippen LogP contribution in [-0.4, -0.2) is 0 Å². The van der Waals surface area contributed by atoms with Crippen molar-refractivity contribution >= 4 is 22.9 Å². The van der Waals surface area contributed by atoms with Crippen LogP contribution in [0.4, 0.5) is 0 Å². The molecule has 0 saturated carbocycles. The third-order valence-corrected chi connectivity index (χ3v) is 5.35. The summed E-state index contributed by atoms with van der Waals surface area (Å²) in [7, 11) is 0. The Bertz CT molecular complexity index is 531. The van der Waals surface area contributed by atoms with Gasteiger partial charge in [0.25, 0.3) is 0 Å². The first-order chi connectivity index (χ1) is 8.86. The molecule has 0 N–H and O–H groups in total. The van der Waals surface area contributed by atoms with E-state index in [-0.39, 0.29) is 10.8 Å². The van der Waals surface area contributed by atoms with E-state index in [1.165, 1.54) is 20.9 Å². The number of thiophene rings is 1. The van der Waals surface area contributed by atoms with Crippen molar-refractivity contribution in [2.45, 2.75) is 44.9 Å². The van der Waals surface area contributed by atoms with E-state index in [2.05, 4.69) is 64.1 Å². The Morgan fingerprint density at radius 1 is 1.05 bits per heavy atom. The van der Waals surface area contributed by atoms with Gasteiger partial charge in [0.2, 0.25) is 0 Å². The van der Waals surface area contributed by atoms with Gasteiger partial charge in [-0.3, -0.25) is 0 Å². The van der Waals surface area contributed by atoms with Crippen molar-refractivity contribution in [1.29, 1.82) is 0 Å². The van der Waals surface area contributed by atoms with Crippen LogP contribution in [0.15, 0.2) is 36.4 Å². The molecule has 1 aromatic heterocycles. The molecule has 0 spiro atoms. The largest absolute Gasteiger partial charge is 0.143 e. The second kappa shape index (κ2) is 5.68. The molecule has 0 nitrogen and oxygen atoms in total. The smallest absolute Gasteiger partial charge is 0.0718 e. The van der Waals surface area contributed by atoms with Crippen LogP contribution in [0.25, 0.3) is 0 Å². The fourth-order valence-corrected chi connectivity index (χ4v) is 3.38. The Morgan fingerprint density at radius 3 is 2.21 bits per heavy atom. The maximum absolute atomic E-state index is 6.55. The molecule has 0 bridgehead atoms. The molecule has 0 aliphatic rings. The summed E-state index contributed by atoms with van der Waals surface area (Å²) in [6, 6.07) is 13.0. The van der Waals surface area contributed by atoms with Crippen molar-refractivity contribution in [1.82, 2.24) is 0 Å². The summed E-state index contributed by atoms with van der Waals surface area (Å²) in [5, 5.41) is 0.0730. The van der Waals surface area contributed by atoms with Crippen LogP contribution < -0.4 is 0 Å². The van der Waals surface area contributed by atoms with Crippen molar-refractivity contribution < 1.29 is 0 Å². The van der Waals surface area contributed by atoms with Crippen LogP contribution in [0.1, 0.15) is 47.0 Å². The van der Waals surface area contributed by atoms with Gasteiger partial charge in [0.15, 0.2) is 0 Å². The summed E-state index contributed by atoms with van der Waals surface area (Å²) in [5.74, 6) is 0. The first kappa shape index (κ1) is 14.6. The third kappa shape index (κ3) is 3.84. The predicted molar refractivity (Wildman–Crippen MR) is 86.5 cm³/mol. The Kier molecular flexibility index (Phi) is 4.37. The minimum absolute atomic E-state index is 0.0730. The molecule has 1 atom stereocenters. The lowest BCUT2D eigenvalue weighted by Gasteiger charge is -2.15. The summed E-state index contributed by atoms with van der Waals surface area (Å²) in [4.78, 5) is 2.67. The van der Waals surface area contributed by atoms with E-state index in [4.69, 9.17) is 11.6 Å². The summed E-state index contributed by atoms with van der Waals surface area (Å²) in [5.41, 5.74) is 2.81. The quantitative estimate of drug-likeness (QED) is 0.620. The Hall–Kier alpha value is -0.790. The molecule has 0 saturated heterocycles. The van der Waals surface area contributed by atoms with E-state index in [1.807, 2.05) is 11.3 Å². The average Bonchev–Trinajstić information content (AvgIpc) is 2.81. The van der Waals surface area contributed by atoms with Crippen molar-refractivity contribution in [3.63, 3.8) is 0 Å². The summed E-state index contributed by atoms with van der Waals surface area (Å²) < 4.78 is 0. The SMILES string of the molecule is Cc1ccc(CC(Cl)c2ccc(C(C)(C)C)s2)cc1. The molecule has 19 heavy (non-hydrogen) atoms. The topological polar surface area (TPSA) is 0 Å². The van der Waals surface area contributed by atoms with Crippen LogP contribution in [0, 0.1) is 6.92 Å². The first-order valence-electron chi connectivity index (χ1n) is 6.66. The molecule has 0 radical (unpaired) electrons. The zero-order valence-corrected chi connectivity index (χ0v) is 13.6. The minimum atomic E-state index is 0.0730. The molecule has 0 aliphatic heterocycles. The molecule has 1 heterocycles. The van der Waals surface area contributed by atoms with Gasteiger partial charge in [-0.2, -0.15) is 0 Å². The van der Waals surface area contributed by atoms with E-state index in [1.54, 1.807) is 0 Å². The molecule has 102 valence electrons. The second-order valence-electron chi connectivity index (χ2n) is 6.11. The van der Waals surface area contributed by atoms with Crippen LogP contribution in [0.3, 0.4) is 0 Å². The van der Waals surface area contributed by atoms with Gasteiger partial charge in [-0.05, 0) is 36.5 Å². The van der Waals surface area contributed by atoms with Crippen molar-refractivity contribution in [2.24, 2.45) is 0 Å². The summed E-state index contributed by atoms with van der Waals surface area (Å²) >= 11 is 8.39. The molecule has 0 aliphatic carbocycles. The summed E-state index contributed by atoms with van der Waals surface area (Å²) in [6.07, 6.45) is 0.895. The average molecular weight is 293 g/mol. The number of hydrogen-bond donors (Lipinski definition) is 0. The Morgan fingerprint density at radius 2 is 1.68 bits per heavy atom. The highest BCUT2D eigenvalue weighted by Gasteiger charge is 2.19. The molecule has 2 heteroatoms. The summed E-state index contributed by atoms with van der Waals surface area (Å²) in [6.45, 7) is 8.83. The number of aryl methyl sites for hydroxylation is 1. The highest BCUT2D eigenvalue weighted by Crippen LogP contribution is 2.36. The molecule has 0 amide bonds.